The van der Waals surface area contributed by atoms with Crippen molar-refractivity contribution in [2.75, 3.05) is 4.90 Å². The van der Waals surface area contributed by atoms with Gasteiger partial charge in [-0.1, -0.05) is 25.1 Å². The zero-order valence-electron chi connectivity index (χ0n) is 11.5. The minimum absolute atomic E-state index is 0.0212. The lowest BCUT2D eigenvalue weighted by molar-refractivity contribution is -0.130. The van der Waals surface area contributed by atoms with Crippen LogP contribution in [-0.2, 0) is 9.59 Å². The smallest absolute Gasteiger partial charge is 0.224 e. The molecule has 1 heterocycles. The highest BCUT2D eigenvalue weighted by molar-refractivity contribution is 6.07. The second-order valence-electron chi connectivity index (χ2n) is 5.56. The number of nitrogens with zero attached hydrogens (tertiary/aromatic N) is 1. The minimum atomic E-state index is -0.617. The van der Waals surface area contributed by atoms with Gasteiger partial charge in [0, 0.05) is 24.9 Å². The van der Waals surface area contributed by atoms with E-state index in [-0.39, 0.29) is 17.6 Å². The summed E-state index contributed by atoms with van der Waals surface area (Å²) in [5, 5.41) is 0. The Bertz CT molecular complexity index is 551. The Labute approximate surface area is 113 Å². The van der Waals surface area contributed by atoms with Gasteiger partial charge in [-0.2, -0.15) is 0 Å². The molecule has 1 aromatic carbocycles. The van der Waals surface area contributed by atoms with E-state index in [1.54, 1.807) is 11.8 Å². The minimum Gasteiger partial charge on any atom is -0.299 e. The predicted molar refractivity (Wildman–Crippen MR) is 74.2 cm³/mol. The molecule has 19 heavy (non-hydrogen) atoms. The molecule has 3 rings (SSSR count). The zero-order valence-corrected chi connectivity index (χ0v) is 11.5. The third-order valence-corrected chi connectivity index (χ3v) is 4.76. The molecule has 1 fully saturated rings. The Morgan fingerprint density at radius 2 is 2.16 bits per heavy atom. The lowest BCUT2D eigenvalue weighted by atomic mass is 9.69. The predicted octanol–water partition coefficient (Wildman–Crippen LogP) is 3.04. The molecule has 2 aliphatic rings. The zero-order chi connectivity index (χ0) is 13.6. The van der Waals surface area contributed by atoms with Crippen LogP contribution in [0.4, 0.5) is 5.69 Å². The van der Waals surface area contributed by atoms with Gasteiger partial charge in [0.1, 0.15) is 5.54 Å². The van der Waals surface area contributed by atoms with Crippen LogP contribution in [0.2, 0.25) is 0 Å². The number of carbonyl (C=O) groups excluding carboxylic acids is 2. The summed E-state index contributed by atoms with van der Waals surface area (Å²) in [7, 11) is 0. The molecule has 100 valence electrons. The topological polar surface area (TPSA) is 37.4 Å². The molecule has 1 aliphatic heterocycles. The number of carbonyl (C=O) groups is 2. The van der Waals surface area contributed by atoms with E-state index < -0.39 is 5.54 Å². The summed E-state index contributed by atoms with van der Waals surface area (Å²) in [4.78, 5) is 26.5. The molecule has 1 aromatic rings. The Morgan fingerprint density at radius 1 is 1.42 bits per heavy atom. The van der Waals surface area contributed by atoms with Crippen LogP contribution in [0.3, 0.4) is 0 Å². The Morgan fingerprint density at radius 3 is 2.84 bits per heavy atom. The summed E-state index contributed by atoms with van der Waals surface area (Å²) in [5.74, 6) is 0.392. The van der Waals surface area contributed by atoms with Crippen LogP contribution in [0.25, 0.3) is 0 Å². The van der Waals surface area contributed by atoms with Crippen molar-refractivity contribution < 1.29 is 9.59 Å². The van der Waals surface area contributed by atoms with E-state index in [0.29, 0.717) is 12.8 Å². The molecule has 1 saturated carbocycles. The lowest BCUT2D eigenvalue weighted by Gasteiger charge is -2.43. The lowest BCUT2D eigenvalue weighted by Crippen LogP contribution is -2.58. The van der Waals surface area contributed by atoms with Gasteiger partial charge in [0.15, 0.2) is 5.78 Å². The van der Waals surface area contributed by atoms with E-state index in [0.717, 1.165) is 18.5 Å². The maximum absolute atomic E-state index is 12.6. The van der Waals surface area contributed by atoms with Gasteiger partial charge >= 0.3 is 0 Å². The fraction of sp³-hybridized carbons (Fsp3) is 0.500. The van der Waals surface area contributed by atoms with Crippen molar-refractivity contribution in [3.8, 4) is 0 Å². The number of benzene rings is 1. The number of Topliss-reactive ketones (excluding diaryl/α,β-unsaturated/α-hetero) is 1. The third-order valence-electron chi connectivity index (χ3n) is 4.76. The van der Waals surface area contributed by atoms with Crippen LogP contribution in [-0.4, -0.2) is 17.2 Å². The van der Waals surface area contributed by atoms with E-state index >= 15 is 0 Å². The van der Waals surface area contributed by atoms with E-state index in [1.165, 1.54) is 5.56 Å². The van der Waals surface area contributed by atoms with Crippen molar-refractivity contribution >= 4 is 17.4 Å². The quantitative estimate of drug-likeness (QED) is 0.775. The maximum Gasteiger partial charge on any atom is 0.224 e. The van der Waals surface area contributed by atoms with E-state index in [9.17, 15) is 9.59 Å². The maximum atomic E-state index is 12.6. The molecule has 2 unspecified atom stereocenters. The van der Waals surface area contributed by atoms with Crippen LogP contribution in [0.5, 0.6) is 0 Å². The Kier molecular flexibility index (Phi) is 2.73. The van der Waals surface area contributed by atoms with Gasteiger partial charge in [-0.3, -0.25) is 14.5 Å². The second kappa shape index (κ2) is 4.19. The summed E-state index contributed by atoms with van der Waals surface area (Å²) >= 11 is 0. The third kappa shape index (κ3) is 1.44. The standard InChI is InChI=1S/C16H19NO2/c1-3-16-13(8-6-10-15(16)19)12-7-4-5-9-14(12)17(16)11(2)18/h4-5,7,9,13H,3,6,8,10H2,1-2H3. The Hall–Kier alpha value is -1.64. The summed E-state index contributed by atoms with van der Waals surface area (Å²) in [6, 6.07) is 7.99. The van der Waals surface area contributed by atoms with Gasteiger partial charge in [0.2, 0.25) is 5.91 Å². The summed E-state index contributed by atoms with van der Waals surface area (Å²) in [5.41, 5.74) is 1.50. The fourth-order valence-electron chi connectivity index (χ4n) is 4.06. The second-order valence-corrected chi connectivity index (χ2v) is 5.56. The SMILES string of the molecule is CCC12C(=O)CCCC1c1ccccc1N2C(C)=O. The van der Waals surface area contributed by atoms with Crippen molar-refractivity contribution in [1.29, 1.82) is 0 Å². The molecule has 0 bridgehead atoms. The number of fused-ring (bicyclic) bond motifs is 3. The monoisotopic (exact) mass is 257 g/mol. The number of amides is 1. The molecular formula is C16H19NO2. The van der Waals surface area contributed by atoms with Crippen molar-refractivity contribution in [1.82, 2.24) is 0 Å². The molecule has 0 aromatic heterocycles. The highest BCUT2D eigenvalue weighted by atomic mass is 16.2. The van der Waals surface area contributed by atoms with Crippen LogP contribution >= 0.6 is 0 Å². The average Bonchev–Trinajstić information content (AvgIpc) is 2.71. The molecule has 3 heteroatoms. The molecule has 0 saturated heterocycles. The van der Waals surface area contributed by atoms with Crippen LogP contribution in [0.15, 0.2) is 24.3 Å². The van der Waals surface area contributed by atoms with Gasteiger partial charge in [-0.25, -0.2) is 0 Å². The van der Waals surface area contributed by atoms with Crippen LogP contribution in [0, 0.1) is 0 Å². The summed E-state index contributed by atoms with van der Waals surface area (Å²) in [6.45, 7) is 3.59. The van der Waals surface area contributed by atoms with Crippen molar-refractivity contribution in [3.63, 3.8) is 0 Å². The average molecular weight is 257 g/mol. The first-order chi connectivity index (χ1) is 9.13. The van der Waals surface area contributed by atoms with Gasteiger partial charge in [0.25, 0.3) is 0 Å². The van der Waals surface area contributed by atoms with Crippen molar-refractivity contribution in [2.24, 2.45) is 0 Å². The number of hydrogen-bond acceptors (Lipinski definition) is 2. The molecule has 2 atom stereocenters. The highest BCUT2D eigenvalue weighted by Gasteiger charge is 2.57. The highest BCUT2D eigenvalue weighted by Crippen LogP contribution is 2.54. The molecule has 1 aliphatic carbocycles. The number of anilines is 1. The molecule has 1 amide bonds. The van der Waals surface area contributed by atoms with E-state index in [4.69, 9.17) is 0 Å². The first-order valence-corrected chi connectivity index (χ1v) is 7.06. The van der Waals surface area contributed by atoms with E-state index in [2.05, 4.69) is 6.07 Å². The fourth-order valence-corrected chi connectivity index (χ4v) is 4.06. The molecule has 0 N–H and O–H groups in total. The van der Waals surface area contributed by atoms with Gasteiger partial charge in [-0.15, -0.1) is 0 Å². The van der Waals surface area contributed by atoms with Gasteiger partial charge in [-0.05, 0) is 30.9 Å². The van der Waals surface area contributed by atoms with Crippen LogP contribution in [0.1, 0.15) is 51.0 Å². The number of para-hydroxylation sites is 1. The molecular weight excluding hydrogens is 238 g/mol. The Balaban J connectivity index is 2.25. The van der Waals surface area contributed by atoms with Crippen molar-refractivity contribution in [3.05, 3.63) is 29.8 Å². The van der Waals surface area contributed by atoms with Crippen molar-refractivity contribution in [2.45, 2.75) is 51.0 Å². The van der Waals surface area contributed by atoms with Gasteiger partial charge < -0.3 is 0 Å². The number of ketones is 1. The first kappa shape index (κ1) is 12.4. The summed E-state index contributed by atoms with van der Waals surface area (Å²) in [6.07, 6.45) is 3.23. The summed E-state index contributed by atoms with van der Waals surface area (Å²) < 4.78 is 0. The first-order valence-electron chi connectivity index (χ1n) is 7.06. The van der Waals surface area contributed by atoms with Gasteiger partial charge in [0.05, 0.1) is 0 Å². The van der Waals surface area contributed by atoms with E-state index in [1.807, 2.05) is 25.1 Å². The number of rotatable bonds is 1. The molecule has 3 nitrogen and oxygen atoms in total. The molecule has 0 spiro atoms. The number of hydrogen-bond donors (Lipinski definition) is 0. The normalized spacial score (nSPS) is 29.1. The largest absolute Gasteiger partial charge is 0.299 e. The molecule has 0 radical (unpaired) electrons. The van der Waals surface area contributed by atoms with Crippen LogP contribution < -0.4 is 4.90 Å².